The van der Waals surface area contributed by atoms with Crippen molar-refractivity contribution in [3.05, 3.63) is 11.6 Å². The highest BCUT2D eigenvalue weighted by Gasteiger charge is 2.76. The van der Waals surface area contributed by atoms with Crippen molar-refractivity contribution in [1.29, 1.82) is 0 Å². The molecule has 2 saturated heterocycles. The van der Waals surface area contributed by atoms with Gasteiger partial charge in [-0.15, -0.1) is 0 Å². The molecular weight excluding hydrogens is 484 g/mol. The van der Waals surface area contributed by atoms with Gasteiger partial charge in [-0.2, -0.15) is 0 Å². The summed E-state index contributed by atoms with van der Waals surface area (Å²) >= 11 is 0. The lowest BCUT2D eigenvalue weighted by Crippen LogP contribution is -2.64. The molecule has 0 spiro atoms. The quantitative estimate of drug-likeness (QED) is 0.402. The smallest absolute Gasteiger partial charge is 0.303 e. The summed E-state index contributed by atoms with van der Waals surface area (Å²) in [5.74, 6) is 0.00497. The largest absolute Gasteiger partial charge is 0.462 e. The van der Waals surface area contributed by atoms with Crippen molar-refractivity contribution < 1.29 is 33.6 Å². The van der Waals surface area contributed by atoms with E-state index in [1.165, 1.54) is 19.4 Å². The molecule has 6 rings (SSSR count). The minimum absolute atomic E-state index is 0.00358. The minimum Gasteiger partial charge on any atom is -0.462 e. The van der Waals surface area contributed by atoms with Gasteiger partial charge >= 0.3 is 11.9 Å². The Bertz CT molecular complexity index is 1060. The Balaban J connectivity index is 1.33. The summed E-state index contributed by atoms with van der Waals surface area (Å²) in [6, 6.07) is 0. The number of fused-ring (bicyclic) bond motifs is 10. The number of carbonyl (C=O) groups excluding carboxylic acids is 2. The van der Waals surface area contributed by atoms with Crippen molar-refractivity contribution in [2.24, 2.45) is 34.5 Å². The van der Waals surface area contributed by atoms with E-state index in [9.17, 15) is 14.7 Å². The number of carbonyl (C=O) groups is 2. The van der Waals surface area contributed by atoms with E-state index in [0.29, 0.717) is 24.2 Å². The van der Waals surface area contributed by atoms with Gasteiger partial charge in [0.2, 0.25) is 5.79 Å². The summed E-state index contributed by atoms with van der Waals surface area (Å²) < 4.78 is 25.1. The van der Waals surface area contributed by atoms with Crippen LogP contribution in [-0.2, 0) is 28.5 Å². The topological polar surface area (TPSA) is 91.3 Å². The van der Waals surface area contributed by atoms with Crippen molar-refractivity contribution in [2.45, 2.75) is 135 Å². The molecule has 7 nitrogen and oxygen atoms in total. The normalized spacial score (nSPS) is 51.2. The van der Waals surface area contributed by atoms with Gasteiger partial charge in [-0.25, -0.2) is 0 Å². The van der Waals surface area contributed by atoms with Crippen LogP contribution >= 0.6 is 0 Å². The van der Waals surface area contributed by atoms with Crippen LogP contribution in [0, 0.1) is 34.5 Å². The molecule has 2 heterocycles. The molecule has 6 aliphatic rings. The van der Waals surface area contributed by atoms with Crippen molar-refractivity contribution in [3.63, 3.8) is 0 Å². The van der Waals surface area contributed by atoms with Crippen molar-refractivity contribution in [3.8, 4) is 0 Å². The third kappa shape index (κ3) is 3.56. The summed E-state index contributed by atoms with van der Waals surface area (Å²) in [6.45, 7) is 13.4. The summed E-state index contributed by atoms with van der Waals surface area (Å²) in [4.78, 5) is 23.8. The molecule has 2 bridgehead atoms. The molecule has 0 aromatic carbocycles. The first kappa shape index (κ1) is 26.8. The maximum absolute atomic E-state index is 12.2. The Hall–Kier alpha value is -1.44. The molecule has 0 aromatic rings. The molecule has 4 aliphatic carbocycles. The van der Waals surface area contributed by atoms with Crippen LogP contribution in [0.1, 0.15) is 99.8 Å². The highest BCUT2D eigenvalue weighted by atomic mass is 16.8. The van der Waals surface area contributed by atoms with Gasteiger partial charge < -0.3 is 24.1 Å². The van der Waals surface area contributed by atoms with Gasteiger partial charge in [-0.1, -0.05) is 25.5 Å². The standard InChI is InChI=1S/C31H46O7/c1-17(32)35-20-10-12-28(5)19(14-20)8-9-21-22(28)11-13-29(6)23(21)15-24-26(29)30(7)25(36-18(2)33)16-31(37-24,38-30)27(3,4)34/h8,20-26,34H,9-16H2,1-7H3/t20-,21+,22-,23-,24-,25+,26?,28-,29-,30-,31-/m0/s1. The molecule has 0 radical (unpaired) electrons. The average molecular weight is 531 g/mol. The summed E-state index contributed by atoms with van der Waals surface area (Å²) in [6.07, 6.45) is 9.38. The zero-order valence-corrected chi connectivity index (χ0v) is 24.2. The Morgan fingerprint density at radius 2 is 1.76 bits per heavy atom. The number of aliphatic hydroxyl groups is 1. The SMILES string of the molecule is CC(=O)O[C@H]1CC[C@@]2(C)C(=CC[C@@H]3[C@@H]2CC[C@]2(C)C4[C@H](C[C@@H]32)O[C@@]2(C(C)(C)O)C[C@@H](OC(C)=O)[C@]4(C)O2)C1. The Morgan fingerprint density at radius 3 is 2.42 bits per heavy atom. The second-order valence-electron chi connectivity index (χ2n) is 14.5. The van der Waals surface area contributed by atoms with Crippen LogP contribution in [0.15, 0.2) is 11.6 Å². The van der Waals surface area contributed by atoms with E-state index in [-0.39, 0.29) is 40.9 Å². The van der Waals surface area contributed by atoms with Gasteiger partial charge in [0.15, 0.2) is 0 Å². The lowest BCUT2D eigenvalue weighted by molar-refractivity contribution is -0.384. The average Bonchev–Trinajstić information content (AvgIpc) is 3.22. The molecule has 0 aromatic heterocycles. The number of rotatable bonds is 3. The van der Waals surface area contributed by atoms with E-state index < -0.39 is 23.1 Å². The van der Waals surface area contributed by atoms with Crippen molar-refractivity contribution >= 4 is 11.9 Å². The number of ether oxygens (including phenoxy) is 4. The third-order valence-corrected chi connectivity index (χ3v) is 12.1. The molecule has 38 heavy (non-hydrogen) atoms. The molecule has 0 amide bonds. The highest BCUT2D eigenvalue weighted by molar-refractivity contribution is 5.66. The zero-order valence-electron chi connectivity index (χ0n) is 24.2. The molecule has 7 heteroatoms. The van der Waals surface area contributed by atoms with E-state index >= 15 is 0 Å². The van der Waals surface area contributed by atoms with E-state index in [1.54, 1.807) is 13.8 Å². The first-order chi connectivity index (χ1) is 17.6. The summed E-state index contributed by atoms with van der Waals surface area (Å²) in [5, 5.41) is 11.2. The van der Waals surface area contributed by atoms with Crippen LogP contribution < -0.4 is 0 Å². The molecule has 1 N–H and O–H groups in total. The zero-order chi connectivity index (χ0) is 27.5. The Kier molecular flexibility index (Phi) is 5.84. The lowest BCUT2D eigenvalue weighted by Gasteiger charge is -2.59. The van der Waals surface area contributed by atoms with Gasteiger partial charge in [-0.3, -0.25) is 9.59 Å². The molecule has 1 unspecified atom stereocenters. The molecule has 11 atom stereocenters. The van der Waals surface area contributed by atoms with Gasteiger partial charge in [-0.05, 0) is 87.9 Å². The fraction of sp³-hybridized carbons (Fsp3) is 0.871. The monoisotopic (exact) mass is 530 g/mol. The number of esters is 2. The first-order valence-corrected chi connectivity index (χ1v) is 14.8. The summed E-state index contributed by atoms with van der Waals surface area (Å²) in [7, 11) is 0. The molecule has 3 saturated carbocycles. The number of allylic oxidation sites excluding steroid dienone is 1. The second kappa shape index (κ2) is 8.29. The van der Waals surface area contributed by atoms with Crippen LogP contribution in [0.5, 0.6) is 0 Å². The van der Waals surface area contributed by atoms with E-state index in [0.717, 1.165) is 44.9 Å². The van der Waals surface area contributed by atoms with Crippen LogP contribution in [0.25, 0.3) is 0 Å². The predicted molar refractivity (Wildman–Crippen MR) is 140 cm³/mol. The lowest BCUT2D eigenvalue weighted by atomic mass is 9.46. The van der Waals surface area contributed by atoms with Crippen LogP contribution in [0.4, 0.5) is 0 Å². The van der Waals surface area contributed by atoms with Crippen LogP contribution in [-0.4, -0.2) is 52.3 Å². The van der Waals surface area contributed by atoms with Crippen molar-refractivity contribution in [2.75, 3.05) is 0 Å². The van der Waals surface area contributed by atoms with Gasteiger partial charge in [0.1, 0.15) is 23.4 Å². The molecule has 5 fully saturated rings. The summed E-state index contributed by atoms with van der Waals surface area (Å²) in [5.41, 5.74) is -0.333. The van der Waals surface area contributed by atoms with Gasteiger partial charge in [0, 0.05) is 32.6 Å². The molecule has 212 valence electrons. The maximum Gasteiger partial charge on any atom is 0.303 e. The number of hydrogen-bond donors (Lipinski definition) is 1. The minimum atomic E-state index is -1.23. The molecular formula is C31H46O7. The fourth-order valence-electron chi connectivity index (χ4n) is 10.5. The van der Waals surface area contributed by atoms with E-state index in [4.69, 9.17) is 18.9 Å². The van der Waals surface area contributed by atoms with Gasteiger partial charge in [0.05, 0.1) is 6.10 Å². The second-order valence-corrected chi connectivity index (χ2v) is 14.5. The predicted octanol–water partition coefficient (Wildman–Crippen LogP) is 5.08. The van der Waals surface area contributed by atoms with E-state index in [2.05, 4.69) is 26.8 Å². The van der Waals surface area contributed by atoms with Crippen LogP contribution in [0.3, 0.4) is 0 Å². The van der Waals surface area contributed by atoms with Crippen molar-refractivity contribution in [1.82, 2.24) is 0 Å². The Labute approximate surface area is 227 Å². The Morgan fingerprint density at radius 1 is 1.05 bits per heavy atom. The third-order valence-electron chi connectivity index (χ3n) is 12.1. The highest BCUT2D eigenvalue weighted by Crippen LogP contribution is 2.72. The maximum atomic E-state index is 12.2. The van der Waals surface area contributed by atoms with Crippen LogP contribution in [0.2, 0.25) is 0 Å². The van der Waals surface area contributed by atoms with Gasteiger partial charge in [0.25, 0.3) is 0 Å². The fourth-order valence-corrected chi connectivity index (χ4v) is 10.5. The first-order valence-electron chi connectivity index (χ1n) is 14.8. The van der Waals surface area contributed by atoms with E-state index in [1.807, 2.05) is 0 Å². The molecule has 2 aliphatic heterocycles. The number of hydrogen-bond acceptors (Lipinski definition) is 7.